The molecule has 1 aliphatic rings. The molecule has 1 saturated heterocycles. The van der Waals surface area contributed by atoms with Gasteiger partial charge in [0.25, 0.3) is 0 Å². The molecule has 6 nitrogen and oxygen atoms in total. The molecule has 3 aromatic carbocycles. The number of hydrogen-bond donors (Lipinski definition) is 1. The van der Waals surface area contributed by atoms with Crippen LogP contribution < -0.4 is 0 Å². The van der Waals surface area contributed by atoms with Crippen molar-refractivity contribution in [1.82, 2.24) is 18.8 Å². The number of aromatic nitrogens is 2. The molecule has 0 saturated carbocycles. The van der Waals surface area contributed by atoms with E-state index in [4.69, 9.17) is 4.98 Å². The Morgan fingerprint density at radius 2 is 1.51 bits per heavy atom. The third-order valence-corrected chi connectivity index (χ3v) is 8.79. The number of benzene rings is 3. The molecular formula is C32H32N4O2S. The van der Waals surface area contributed by atoms with Gasteiger partial charge >= 0.3 is 0 Å². The number of rotatable bonds is 6. The Hall–Kier alpha value is -3.78. The summed E-state index contributed by atoms with van der Waals surface area (Å²) in [5, 5.41) is 10.8. The predicted molar refractivity (Wildman–Crippen MR) is 158 cm³/mol. The molecular weight excluding hydrogens is 504 g/mol. The summed E-state index contributed by atoms with van der Waals surface area (Å²) in [7, 11) is 0.729. The zero-order valence-electron chi connectivity index (χ0n) is 22.2. The van der Waals surface area contributed by atoms with Crippen LogP contribution in [0.2, 0.25) is 0 Å². The summed E-state index contributed by atoms with van der Waals surface area (Å²) in [6.45, 7) is 7.40. The van der Waals surface area contributed by atoms with Crippen LogP contribution in [-0.2, 0) is 17.5 Å². The monoisotopic (exact) mass is 536 g/mol. The second-order valence-electron chi connectivity index (χ2n) is 10.3. The normalized spacial score (nSPS) is 15.5. The summed E-state index contributed by atoms with van der Waals surface area (Å²) < 4.78 is 15.4. The van der Waals surface area contributed by atoms with Gasteiger partial charge in [-0.15, -0.1) is 0 Å². The molecule has 1 fully saturated rings. The molecule has 0 spiro atoms. The fourth-order valence-electron chi connectivity index (χ4n) is 5.07. The number of nitrogens with zero attached hydrogens (tertiary/aromatic N) is 4. The number of phenols is 1. The molecule has 1 aliphatic heterocycles. The molecule has 1 atom stereocenters. The number of fused-ring (bicyclic) bond motifs is 1. The Kier molecular flexibility index (Phi) is 7.04. The quantitative estimate of drug-likeness (QED) is 0.302. The fourth-order valence-corrected chi connectivity index (χ4v) is 6.17. The van der Waals surface area contributed by atoms with Gasteiger partial charge in [-0.2, -0.15) is 0 Å². The summed E-state index contributed by atoms with van der Waals surface area (Å²) in [4.78, 5) is 10.4. The van der Waals surface area contributed by atoms with Gasteiger partial charge < -0.3 is 10.0 Å². The van der Waals surface area contributed by atoms with E-state index in [1.807, 2.05) is 55.7 Å². The third-order valence-electron chi connectivity index (χ3n) is 7.48. The molecule has 1 N–H and O–H groups in total. The van der Waals surface area contributed by atoms with Crippen LogP contribution in [0, 0.1) is 6.92 Å². The maximum Gasteiger partial charge on any atom is 0.158 e. The number of aryl methyl sites for hydroxylation is 1. The van der Waals surface area contributed by atoms with Crippen molar-refractivity contribution in [2.24, 2.45) is 0 Å². The van der Waals surface area contributed by atoms with Gasteiger partial charge in [0, 0.05) is 61.6 Å². The first-order valence-corrected chi connectivity index (χ1v) is 14.3. The highest BCUT2D eigenvalue weighted by Crippen LogP contribution is 2.34. The molecule has 0 amide bonds. The van der Waals surface area contributed by atoms with Crippen molar-refractivity contribution in [2.45, 2.75) is 18.4 Å². The zero-order chi connectivity index (χ0) is 26.9. The van der Waals surface area contributed by atoms with Crippen LogP contribution in [0.15, 0.2) is 96.2 Å². The lowest BCUT2D eigenvalue weighted by Gasteiger charge is -2.32. The highest BCUT2D eigenvalue weighted by Gasteiger charge is 2.18. The van der Waals surface area contributed by atoms with Crippen LogP contribution in [0.3, 0.4) is 0 Å². The molecule has 0 aliphatic carbocycles. The van der Waals surface area contributed by atoms with Crippen molar-refractivity contribution in [1.29, 1.82) is 0 Å². The van der Waals surface area contributed by atoms with E-state index in [1.165, 1.54) is 5.56 Å². The topological polar surface area (TPSA) is 61.6 Å². The Morgan fingerprint density at radius 1 is 0.846 bits per heavy atom. The van der Waals surface area contributed by atoms with Crippen molar-refractivity contribution in [2.75, 3.05) is 33.2 Å². The molecule has 1 unspecified atom stereocenters. The van der Waals surface area contributed by atoms with E-state index in [0.29, 0.717) is 5.65 Å². The summed E-state index contributed by atoms with van der Waals surface area (Å²) in [6.07, 6.45) is 3.77. The van der Waals surface area contributed by atoms with Crippen LogP contribution in [0.1, 0.15) is 11.1 Å². The zero-order valence-corrected chi connectivity index (χ0v) is 23.1. The average molecular weight is 537 g/mol. The van der Waals surface area contributed by atoms with Gasteiger partial charge in [-0.25, -0.2) is 13.2 Å². The average Bonchev–Trinajstić information content (AvgIpc) is 3.34. The van der Waals surface area contributed by atoms with E-state index in [9.17, 15) is 9.32 Å². The van der Waals surface area contributed by atoms with Crippen LogP contribution in [0.25, 0.3) is 33.3 Å². The summed E-state index contributed by atoms with van der Waals surface area (Å²) >= 11 is 0. The van der Waals surface area contributed by atoms with Gasteiger partial charge in [-0.05, 0) is 61.0 Å². The highest BCUT2D eigenvalue weighted by molar-refractivity contribution is 7.83. The van der Waals surface area contributed by atoms with E-state index < -0.39 is 11.0 Å². The molecule has 5 aromatic rings. The van der Waals surface area contributed by atoms with Gasteiger partial charge in [0.15, 0.2) is 16.6 Å². The molecule has 39 heavy (non-hydrogen) atoms. The number of likely N-dealkylation sites (N-methyl/N-ethyl adjacent to an activating group) is 1. The molecule has 0 radical (unpaired) electrons. The summed E-state index contributed by atoms with van der Waals surface area (Å²) in [5.74, 6) is 0.209. The molecule has 2 aromatic heterocycles. The lowest BCUT2D eigenvalue weighted by atomic mass is 10.0. The van der Waals surface area contributed by atoms with E-state index in [-0.39, 0.29) is 5.75 Å². The predicted octanol–water partition coefficient (Wildman–Crippen LogP) is 5.70. The van der Waals surface area contributed by atoms with Crippen LogP contribution in [0.5, 0.6) is 5.75 Å². The number of pyridine rings is 1. The van der Waals surface area contributed by atoms with E-state index >= 15 is 0 Å². The smallest absolute Gasteiger partial charge is 0.158 e. The van der Waals surface area contributed by atoms with Crippen LogP contribution in [-0.4, -0.2) is 61.3 Å². The second kappa shape index (κ2) is 10.8. The molecule has 0 bridgehead atoms. The Morgan fingerprint density at radius 3 is 2.21 bits per heavy atom. The van der Waals surface area contributed by atoms with E-state index in [1.54, 1.807) is 16.1 Å². The minimum Gasteiger partial charge on any atom is -0.508 e. The second-order valence-corrected chi connectivity index (χ2v) is 11.7. The number of phenolic OH excluding ortho intramolecular Hbond substituents is 1. The Labute approximate surface area is 231 Å². The Balaban J connectivity index is 1.36. The van der Waals surface area contributed by atoms with Crippen molar-refractivity contribution < 1.29 is 9.32 Å². The molecule has 198 valence electrons. The Bertz CT molecular complexity index is 1620. The summed E-state index contributed by atoms with van der Waals surface area (Å²) in [5.41, 5.74) is 7.04. The van der Waals surface area contributed by atoms with E-state index in [0.717, 1.165) is 70.8 Å². The van der Waals surface area contributed by atoms with Crippen LogP contribution >= 0.6 is 0 Å². The number of hydrogen-bond acceptors (Lipinski definition) is 5. The van der Waals surface area contributed by atoms with Gasteiger partial charge in [0.05, 0.1) is 4.90 Å². The largest absolute Gasteiger partial charge is 0.508 e. The van der Waals surface area contributed by atoms with Gasteiger partial charge in [-0.3, -0.25) is 4.90 Å². The molecule has 7 heteroatoms. The van der Waals surface area contributed by atoms with E-state index in [2.05, 4.69) is 47.2 Å². The van der Waals surface area contributed by atoms with Crippen molar-refractivity contribution in [3.8, 4) is 28.0 Å². The number of piperazine rings is 1. The fraction of sp³-hybridized carbons (Fsp3) is 0.219. The van der Waals surface area contributed by atoms with Crippen molar-refractivity contribution in [3.63, 3.8) is 0 Å². The van der Waals surface area contributed by atoms with Gasteiger partial charge in [0.2, 0.25) is 0 Å². The standard InChI is InChI=1S/C32H32N4O2S/c1-23-3-13-29(14-4-23)39(38)36-22-31(26-9-11-28(37)12-10-26)30-19-27(20-33-32(30)36)25-7-5-24(6-8-25)21-35-17-15-34(2)16-18-35/h3-14,19-20,22,37H,15-18,21H2,1-2H3. The SMILES string of the molecule is Cc1ccc(S(=O)n2cc(-c3ccc(O)cc3)c3cc(-c4ccc(CN5CCN(C)CC5)cc4)cnc32)cc1. The van der Waals surface area contributed by atoms with Gasteiger partial charge in [0.1, 0.15) is 5.75 Å². The maximum absolute atomic E-state index is 13.6. The number of aromatic hydroxyl groups is 1. The lowest BCUT2D eigenvalue weighted by Crippen LogP contribution is -2.43. The maximum atomic E-state index is 13.6. The van der Waals surface area contributed by atoms with Gasteiger partial charge in [-0.1, -0.05) is 54.1 Å². The summed E-state index contributed by atoms with van der Waals surface area (Å²) in [6, 6.07) is 25.7. The van der Waals surface area contributed by atoms with Crippen molar-refractivity contribution in [3.05, 3.63) is 102 Å². The lowest BCUT2D eigenvalue weighted by molar-refractivity contribution is 0.148. The first-order chi connectivity index (χ1) is 18.9. The minimum absolute atomic E-state index is 0.209. The first kappa shape index (κ1) is 25.5. The third kappa shape index (κ3) is 5.39. The molecule has 6 rings (SSSR count). The van der Waals surface area contributed by atoms with Crippen molar-refractivity contribution >= 4 is 22.0 Å². The molecule has 3 heterocycles. The highest BCUT2D eigenvalue weighted by atomic mass is 32.2. The first-order valence-electron chi connectivity index (χ1n) is 13.2. The van der Waals surface area contributed by atoms with Crippen LogP contribution in [0.4, 0.5) is 0 Å². The minimum atomic E-state index is -1.45.